The van der Waals surface area contributed by atoms with E-state index in [4.69, 9.17) is 17.3 Å². The number of pyridine rings is 1. The highest BCUT2D eigenvalue weighted by molar-refractivity contribution is 6.34. The first kappa shape index (κ1) is 10.3. The lowest BCUT2D eigenvalue weighted by atomic mass is 9.96. The van der Waals surface area contributed by atoms with Crippen molar-refractivity contribution in [3.8, 4) is 0 Å². The summed E-state index contributed by atoms with van der Waals surface area (Å²) in [5, 5.41) is 0.637. The Labute approximate surface area is 93.9 Å². The predicted molar refractivity (Wildman–Crippen MR) is 63.3 cm³/mol. The molecule has 0 aliphatic carbocycles. The molecule has 2 aromatic rings. The first-order valence-electron chi connectivity index (χ1n) is 4.84. The predicted octanol–water partition coefficient (Wildman–Crippen LogP) is 2.87. The molecular weight excluding hydrogens is 210 g/mol. The number of imidazole rings is 1. The Morgan fingerprint density at radius 2 is 2.07 bits per heavy atom. The number of hydrogen-bond acceptors (Lipinski definition) is 2. The highest BCUT2D eigenvalue weighted by Crippen LogP contribution is 2.29. The number of aromatic nitrogens is 2. The van der Waals surface area contributed by atoms with Gasteiger partial charge in [0, 0.05) is 11.6 Å². The van der Waals surface area contributed by atoms with Crippen molar-refractivity contribution in [2.75, 3.05) is 5.73 Å². The molecule has 2 rings (SSSR count). The molecule has 2 heterocycles. The molecule has 0 saturated heterocycles. The third kappa shape index (κ3) is 1.57. The molecule has 15 heavy (non-hydrogen) atoms. The van der Waals surface area contributed by atoms with Crippen molar-refractivity contribution in [2.24, 2.45) is 0 Å². The number of fused-ring (bicyclic) bond motifs is 1. The van der Waals surface area contributed by atoms with Gasteiger partial charge in [0.05, 0.1) is 5.02 Å². The second-order valence-electron chi connectivity index (χ2n) is 4.65. The van der Waals surface area contributed by atoms with Crippen LogP contribution in [0.4, 0.5) is 5.82 Å². The Hall–Kier alpha value is -1.22. The highest BCUT2D eigenvalue weighted by atomic mass is 35.5. The van der Waals surface area contributed by atoms with Crippen LogP contribution in [-0.2, 0) is 5.41 Å². The summed E-state index contributed by atoms with van der Waals surface area (Å²) in [6.45, 7) is 6.30. The van der Waals surface area contributed by atoms with Gasteiger partial charge in [-0.15, -0.1) is 0 Å². The van der Waals surface area contributed by atoms with E-state index in [-0.39, 0.29) is 5.41 Å². The minimum atomic E-state index is -0.0504. The molecule has 0 atom stereocenters. The van der Waals surface area contributed by atoms with E-state index in [1.807, 2.05) is 22.7 Å². The molecule has 2 N–H and O–H groups in total. The molecule has 0 aliphatic rings. The Kier molecular flexibility index (Phi) is 2.15. The van der Waals surface area contributed by atoms with Crippen molar-refractivity contribution in [2.45, 2.75) is 26.2 Å². The number of nitrogen functional groups attached to an aromatic ring is 1. The maximum Gasteiger partial charge on any atom is 0.151 e. The quantitative estimate of drug-likeness (QED) is 0.747. The van der Waals surface area contributed by atoms with Gasteiger partial charge in [-0.1, -0.05) is 32.4 Å². The lowest BCUT2D eigenvalue weighted by Crippen LogP contribution is -2.15. The van der Waals surface area contributed by atoms with E-state index in [1.165, 1.54) is 0 Å². The van der Waals surface area contributed by atoms with Gasteiger partial charge in [-0.05, 0) is 12.1 Å². The van der Waals surface area contributed by atoms with Crippen LogP contribution in [0.2, 0.25) is 5.02 Å². The average Bonchev–Trinajstić information content (AvgIpc) is 2.44. The van der Waals surface area contributed by atoms with Gasteiger partial charge < -0.3 is 5.73 Å². The summed E-state index contributed by atoms with van der Waals surface area (Å²) in [5.41, 5.74) is 6.60. The average molecular weight is 224 g/mol. The largest absolute Gasteiger partial charge is 0.382 e. The van der Waals surface area contributed by atoms with Crippen molar-refractivity contribution in [3.05, 3.63) is 29.2 Å². The van der Waals surface area contributed by atoms with Gasteiger partial charge in [0.1, 0.15) is 11.3 Å². The van der Waals surface area contributed by atoms with Gasteiger partial charge in [-0.2, -0.15) is 0 Å². The van der Waals surface area contributed by atoms with Crippen molar-refractivity contribution < 1.29 is 0 Å². The first-order valence-corrected chi connectivity index (χ1v) is 5.21. The Morgan fingerprint density at radius 3 is 2.67 bits per heavy atom. The number of hydrogen-bond donors (Lipinski definition) is 1. The molecule has 0 spiro atoms. The summed E-state index contributed by atoms with van der Waals surface area (Å²) in [6.07, 6.45) is 1.94. The van der Waals surface area contributed by atoms with Crippen LogP contribution in [0.3, 0.4) is 0 Å². The van der Waals surface area contributed by atoms with Crippen LogP contribution in [0, 0.1) is 0 Å². The second kappa shape index (κ2) is 3.14. The first-order chi connectivity index (χ1) is 6.91. The lowest BCUT2D eigenvalue weighted by molar-refractivity contribution is 0.543. The van der Waals surface area contributed by atoms with Crippen molar-refractivity contribution in [3.63, 3.8) is 0 Å². The van der Waals surface area contributed by atoms with E-state index in [0.717, 1.165) is 11.3 Å². The molecule has 0 unspecified atom stereocenters. The monoisotopic (exact) mass is 223 g/mol. The summed E-state index contributed by atoms with van der Waals surface area (Å²) in [7, 11) is 0. The zero-order chi connectivity index (χ0) is 11.2. The van der Waals surface area contributed by atoms with Crippen LogP contribution < -0.4 is 5.73 Å². The van der Waals surface area contributed by atoms with E-state index in [2.05, 4.69) is 25.8 Å². The fourth-order valence-electron chi connectivity index (χ4n) is 1.65. The third-order valence-electron chi connectivity index (χ3n) is 2.31. The molecule has 0 amide bonds. The lowest BCUT2D eigenvalue weighted by Gasteiger charge is -2.16. The van der Waals surface area contributed by atoms with Gasteiger partial charge in [-0.3, -0.25) is 4.40 Å². The number of nitrogens with two attached hydrogens (primary N) is 1. The maximum absolute atomic E-state index is 6.08. The van der Waals surface area contributed by atoms with Crippen LogP contribution in [-0.4, -0.2) is 9.38 Å². The molecule has 0 aromatic carbocycles. The maximum atomic E-state index is 6.08. The highest BCUT2D eigenvalue weighted by Gasteiger charge is 2.22. The Bertz CT molecular complexity index is 508. The van der Waals surface area contributed by atoms with Crippen molar-refractivity contribution in [1.29, 1.82) is 0 Å². The number of halogens is 1. The SMILES string of the molecule is CC(C)(C)c1nc(N)c2c(Cl)cccn12. The Balaban J connectivity index is 2.85. The van der Waals surface area contributed by atoms with Crippen LogP contribution in [0.1, 0.15) is 26.6 Å². The summed E-state index contributed by atoms with van der Waals surface area (Å²) in [4.78, 5) is 4.38. The van der Waals surface area contributed by atoms with Crippen LogP contribution in [0.25, 0.3) is 5.52 Å². The second-order valence-corrected chi connectivity index (χ2v) is 5.05. The van der Waals surface area contributed by atoms with Gasteiger partial charge in [0.15, 0.2) is 5.82 Å². The van der Waals surface area contributed by atoms with Crippen LogP contribution in [0.5, 0.6) is 0 Å². The van der Waals surface area contributed by atoms with Gasteiger partial charge in [-0.25, -0.2) is 4.98 Å². The fourth-order valence-corrected chi connectivity index (χ4v) is 1.91. The number of anilines is 1. The van der Waals surface area contributed by atoms with Gasteiger partial charge in [0.25, 0.3) is 0 Å². The molecular formula is C11H14ClN3. The molecule has 4 heteroatoms. The molecule has 0 fully saturated rings. The summed E-state index contributed by atoms with van der Waals surface area (Å²) in [6, 6.07) is 3.72. The zero-order valence-corrected chi connectivity index (χ0v) is 9.84. The zero-order valence-electron chi connectivity index (χ0n) is 9.08. The summed E-state index contributed by atoms with van der Waals surface area (Å²) >= 11 is 6.08. The minimum absolute atomic E-state index is 0.0504. The molecule has 2 aromatic heterocycles. The van der Waals surface area contributed by atoms with E-state index >= 15 is 0 Å². The van der Waals surface area contributed by atoms with Crippen LogP contribution in [0.15, 0.2) is 18.3 Å². The van der Waals surface area contributed by atoms with Crippen molar-refractivity contribution >= 4 is 22.9 Å². The molecule has 0 bridgehead atoms. The van der Waals surface area contributed by atoms with E-state index in [9.17, 15) is 0 Å². The number of rotatable bonds is 0. The van der Waals surface area contributed by atoms with Gasteiger partial charge >= 0.3 is 0 Å². The molecule has 3 nitrogen and oxygen atoms in total. The summed E-state index contributed by atoms with van der Waals surface area (Å²) in [5.74, 6) is 1.42. The molecule has 0 radical (unpaired) electrons. The molecule has 0 aliphatic heterocycles. The van der Waals surface area contributed by atoms with E-state index < -0.39 is 0 Å². The third-order valence-corrected chi connectivity index (χ3v) is 2.62. The molecule has 80 valence electrons. The van der Waals surface area contributed by atoms with Crippen LogP contribution >= 0.6 is 11.6 Å². The fraction of sp³-hybridized carbons (Fsp3) is 0.364. The molecule has 0 saturated carbocycles. The Morgan fingerprint density at radius 1 is 1.40 bits per heavy atom. The number of nitrogens with zero attached hydrogens (tertiary/aromatic N) is 2. The smallest absolute Gasteiger partial charge is 0.151 e. The topological polar surface area (TPSA) is 43.3 Å². The summed E-state index contributed by atoms with van der Waals surface area (Å²) < 4.78 is 1.96. The minimum Gasteiger partial charge on any atom is -0.382 e. The van der Waals surface area contributed by atoms with Crippen molar-refractivity contribution in [1.82, 2.24) is 9.38 Å². The van der Waals surface area contributed by atoms with Gasteiger partial charge in [0.2, 0.25) is 0 Å². The van der Waals surface area contributed by atoms with E-state index in [0.29, 0.717) is 10.8 Å². The standard InChI is InChI=1S/C11H14ClN3/c1-11(2,3)10-14-9(13)8-7(12)5-4-6-15(8)10/h4-6H,13H2,1-3H3. The normalized spacial score (nSPS) is 12.3. The van der Waals surface area contributed by atoms with E-state index in [1.54, 1.807) is 0 Å².